The summed E-state index contributed by atoms with van der Waals surface area (Å²) >= 11 is 0. The second-order valence-electron chi connectivity index (χ2n) is 10.3. The van der Waals surface area contributed by atoms with Crippen molar-refractivity contribution >= 4 is 5.69 Å². The van der Waals surface area contributed by atoms with Gasteiger partial charge in [0.15, 0.2) is 0 Å². The number of nitrogens with one attached hydrogen (secondary N) is 1. The summed E-state index contributed by atoms with van der Waals surface area (Å²) in [6.45, 7) is 8.05. The Kier molecular flexibility index (Phi) is 5.75. The van der Waals surface area contributed by atoms with E-state index in [2.05, 4.69) is 134 Å². The zero-order valence-corrected chi connectivity index (χ0v) is 22.2. The molecule has 0 amide bonds. The van der Waals surface area contributed by atoms with Crippen LogP contribution in [0.15, 0.2) is 169 Å². The van der Waals surface area contributed by atoms with Gasteiger partial charge in [-0.2, -0.15) is 0 Å². The highest BCUT2D eigenvalue weighted by Gasteiger charge is 2.50. The Morgan fingerprint density at radius 1 is 0.775 bits per heavy atom. The van der Waals surface area contributed by atoms with Crippen molar-refractivity contribution in [2.75, 3.05) is 5.32 Å². The molecule has 40 heavy (non-hydrogen) atoms. The van der Waals surface area contributed by atoms with Gasteiger partial charge in [-0.3, -0.25) is 0 Å². The maximum atomic E-state index is 6.56. The molecule has 2 heterocycles. The quantitative estimate of drug-likeness (QED) is 0.273. The lowest BCUT2D eigenvalue weighted by Crippen LogP contribution is -2.39. The number of benzene rings is 4. The van der Waals surface area contributed by atoms with Crippen molar-refractivity contribution in [2.45, 2.75) is 11.8 Å². The van der Waals surface area contributed by atoms with Crippen molar-refractivity contribution in [3.63, 3.8) is 0 Å². The Bertz CT molecular complexity index is 1750. The lowest BCUT2D eigenvalue weighted by Gasteiger charge is -2.46. The van der Waals surface area contributed by atoms with Crippen LogP contribution in [0.5, 0.6) is 11.5 Å². The molecule has 7 rings (SSSR count). The molecule has 1 N–H and O–H groups in total. The molecule has 2 nitrogen and oxygen atoms in total. The molecule has 0 atom stereocenters. The van der Waals surface area contributed by atoms with Gasteiger partial charge in [0.1, 0.15) is 11.5 Å². The SMILES string of the molecule is C=C/C=C(\C=C)C1=CC2=C(CC=C1)Nc1ccc(-c3ccccc3)cc1C21c2ccccc2Oc2ccccc21. The van der Waals surface area contributed by atoms with Crippen LogP contribution in [0.3, 0.4) is 0 Å². The summed E-state index contributed by atoms with van der Waals surface area (Å²) in [6.07, 6.45) is 13.3. The van der Waals surface area contributed by atoms with Crippen LogP contribution in [0, 0.1) is 0 Å². The van der Waals surface area contributed by atoms with E-state index in [1.807, 2.05) is 18.2 Å². The van der Waals surface area contributed by atoms with Crippen molar-refractivity contribution in [1.29, 1.82) is 0 Å². The van der Waals surface area contributed by atoms with E-state index in [0.29, 0.717) is 0 Å². The van der Waals surface area contributed by atoms with Gasteiger partial charge in [-0.1, -0.05) is 116 Å². The minimum Gasteiger partial charge on any atom is -0.457 e. The van der Waals surface area contributed by atoms with Crippen molar-refractivity contribution in [2.24, 2.45) is 0 Å². The Balaban J connectivity index is 1.62. The second-order valence-corrected chi connectivity index (χ2v) is 10.3. The fourth-order valence-corrected chi connectivity index (χ4v) is 6.40. The predicted octanol–water partition coefficient (Wildman–Crippen LogP) is 9.66. The molecule has 0 radical (unpaired) electrons. The van der Waals surface area contributed by atoms with Crippen LogP contribution < -0.4 is 10.1 Å². The van der Waals surface area contributed by atoms with E-state index in [1.165, 1.54) is 28.0 Å². The van der Waals surface area contributed by atoms with E-state index >= 15 is 0 Å². The molecule has 3 aliphatic rings. The number of fused-ring (bicyclic) bond motifs is 7. The minimum absolute atomic E-state index is 0.593. The monoisotopic (exact) mass is 515 g/mol. The van der Waals surface area contributed by atoms with Gasteiger partial charge < -0.3 is 10.1 Å². The smallest absolute Gasteiger partial charge is 0.132 e. The molecule has 2 heteroatoms. The molecule has 0 saturated carbocycles. The summed E-state index contributed by atoms with van der Waals surface area (Å²) in [5, 5.41) is 3.84. The zero-order valence-electron chi connectivity index (χ0n) is 22.2. The third-order valence-corrected chi connectivity index (χ3v) is 8.12. The number of ether oxygens (including phenoxy) is 1. The van der Waals surface area contributed by atoms with Crippen LogP contribution in [0.2, 0.25) is 0 Å². The van der Waals surface area contributed by atoms with E-state index in [9.17, 15) is 0 Å². The van der Waals surface area contributed by atoms with E-state index in [-0.39, 0.29) is 0 Å². The first kappa shape index (κ1) is 24.0. The van der Waals surface area contributed by atoms with Crippen molar-refractivity contribution < 1.29 is 4.74 Å². The fraction of sp³-hybridized carbons (Fsp3) is 0.0526. The molecule has 0 fully saturated rings. The number of rotatable bonds is 4. The molecular weight excluding hydrogens is 486 g/mol. The predicted molar refractivity (Wildman–Crippen MR) is 166 cm³/mol. The summed E-state index contributed by atoms with van der Waals surface area (Å²) < 4.78 is 6.56. The minimum atomic E-state index is -0.593. The van der Waals surface area contributed by atoms with Crippen molar-refractivity contribution in [3.8, 4) is 22.6 Å². The van der Waals surface area contributed by atoms with E-state index < -0.39 is 5.41 Å². The number of allylic oxidation sites excluding steroid dienone is 9. The Morgan fingerprint density at radius 3 is 2.17 bits per heavy atom. The van der Waals surface area contributed by atoms with Crippen LogP contribution in [-0.4, -0.2) is 0 Å². The standard InChI is InChI=1S/C38H29NO/c1-3-13-26(4-2)28-16-12-19-34-32(24-28)38(30-17-8-10-20-36(30)40-37-21-11-9-18-31(37)38)33-25-29(22-23-35(33)39-34)27-14-6-5-7-15-27/h3-18,20-25,39H,1-2,19H2/b26-13+. The average molecular weight is 516 g/mol. The first-order valence-corrected chi connectivity index (χ1v) is 13.7. The summed E-state index contributed by atoms with van der Waals surface area (Å²) in [5.74, 6) is 1.76. The van der Waals surface area contributed by atoms with Gasteiger partial charge in [0.25, 0.3) is 0 Å². The Hall–Kier alpha value is -5.08. The molecule has 2 aliphatic heterocycles. The fourth-order valence-electron chi connectivity index (χ4n) is 6.40. The molecule has 0 unspecified atom stereocenters. The molecule has 4 aromatic carbocycles. The second kappa shape index (κ2) is 9.59. The maximum absolute atomic E-state index is 6.56. The molecule has 1 aliphatic carbocycles. The third kappa shape index (κ3) is 3.57. The third-order valence-electron chi connectivity index (χ3n) is 8.12. The average Bonchev–Trinajstić information content (AvgIpc) is 3.23. The van der Waals surface area contributed by atoms with Gasteiger partial charge in [-0.25, -0.2) is 0 Å². The molecule has 4 aromatic rings. The van der Waals surface area contributed by atoms with Gasteiger partial charge >= 0.3 is 0 Å². The number of para-hydroxylation sites is 2. The number of anilines is 1. The van der Waals surface area contributed by atoms with Crippen LogP contribution in [0.25, 0.3) is 11.1 Å². The summed E-state index contributed by atoms with van der Waals surface area (Å²) in [6, 6.07) is 34.4. The summed E-state index contributed by atoms with van der Waals surface area (Å²) in [5.41, 5.74) is 10.9. The summed E-state index contributed by atoms with van der Waals surface area (Å²) in [7, 11) is 0. The lowest BCUT2D eigenvalue weighted by molar-refractivity contribution is 0.433. The van der Waals surface area contributed by atoms with E-state index in [4.69, 9.17) is 4.74 Å². The van der Waals surface area contributed by atoms with Gasteiger partial charge in [-0.05, 0) is 63.8 Å². The number of hydrogen-bond donors (Lipinski definition) is 1. The molecule has 0 bridgehead atoms. The Labute approximate surface area is 235 Å². The van der Waals surface area contributed by atoms with E-state index in [0.717, 1.165) is 45.9 Å². The van der Waals surface area contributed by atoms with Gasteiger partial charge in [-0.15, -0.1) is 0 Å². The molecule has 192 valence electrons. The first-order chi connectivity index (χ1) is 19.7. The normalized spacial score (nSPS) is 16.3. The van der Waals surface area contributed by atoms with Crippen molar-refractivity contribution in [1.82, 2.24) is 0 Å². The highest BCUT2D eigenvalue weighted by Crippen LogP contribution is 2.60. The molecule has 0 aromatic heterocycles. The van der Waals surface area contributed by atoms with Crippen LogP contribution in [-0.2, 0) is 5.41 Å². The molecule has 0 saturated heterocycles. The van der Waals surface area contributed by atoms with Crippen LogP contribution in [0.1, 0.15) is 23.1 Å². The van der Waals surface area contributed by atoms with Crippen molar-refractivity contribution in [3.05, 3.63) is 186 Å². The van der Waals surface area contributed by atoms with Gasteiger partial charge in [0.05, 0.1) is 5.41 Å². The zero-order chi connectivity index (χ0) is 27.1. The molecule has 1 spiro atoms. The van der Waals surface area contributed by atoms with Crippen LogP contribution >= 0.6 is 0 Å². The highest BCUT2D eigenvalue weighted by atomic mass is 16.5. The lowest BCUT2D eigenvalue weighted by atomic mass is 9.60. The highest BCUT2D eigenvalue weighted by molar-refractivity contribution is 5.83. The van der Waals surface area contributed by atoms with Crippen LogP contribution in [0.4, 0.5) is 5.69 Å². The first-order valence-electron chi connectivity index (χ1n) is 13.7. The van der Waals surface area contributed by atoms with Gasteiger partial charge in [0.2, 0.25) is 0 Å². The summed E-state index contributed by atoms with van der Waals surface area (Å²) in [4.78, 5) is 0. The molecular formula is C38H29NO. The Morgan fingerprint density at radius 2 is 1.48 bits per heavy atom. The largest absolute Gasteiger partial charge is 0.457 e. The maximum Gasteiger partial charge on any atom is 0.132 e. The number of hydrogen-bond acceptors (Lipinski definition) is 2. The van der Waals surface area contributed by atoms with E-state index in [1.54, 1.807) is 0 Å². The van der Waals surface area contributed by atoms with Gasteiger partial charge in [0, 0.05) is 28.9 Å². The topological polar surface area (TPSA) is 21.3 Å².